The van der Waals surface area contributed by atoms with Crippen LogP contribution in [-0.2, 0) is 5.41 Å². The van der Waals surface area contributed by atoms with Gasteiger partial charge in [0.25, 0.3) is 5.91 Å². The zero-order chi connectivity index (χ0) is 16.1. The van der Waals surface area contributed by atoms with Gasteiger partial charge in [0.05, 0.1) is 0 Å². The van der Waals surface area contributed by atoms with Crippen LogP contribution in [0.25, 0.3) is 0 Å². The second-order valence-electron chi connectivity index (χ2n) is 6.35. The van der Waals surface area contributed by atoms with Gasteiger partial charge in [0.1, 0.15) is 10.7 Å². The van der Waals surface area contributed by atoms with E-state index in [9.17, 15) is 18.0 Å². The third-order valence-corrected chi connectivity index (χ3v) is 3.66. The van der Waals surface area contributed by atoms with Gasteiger partial charge in [-0.15, -0.1) is 0 Å². The van der Waals surface area contributed by atoms with E-state index in [1.807, 2.05) is 20.8 Å². The zero-order valence-electron chi connectivity index (χ0n) is 11.9. The SMILES string of the molecule is CC(C)(C)c1cc(C(=O)NC2(C(F)(F)F)CC2)cc(Cl)n1. The maximum absolute atomic E-state index is 12.9. The fraction of sp³-hybridized carbons (Fsp3) is 0.571. The summed E-state index contributed by atoms with van der Waals surface area (Å²) in [6.45, 7) is 5.64. The molecule has 1 fully saturated rings. The normalized spacial score (nSPS) is 17.5. The number of alkyl halides is 3. The van der Waals surface area contributed by atoms with Gasteiger partial charge in [-0.3, -0.25) is 4.79 Å². The molecule has 3 nitrogen and oxygen atoms in total. The van der Waals surface area contributed by atoms with Crippen molar-refractivity contribution in [3.63, 3.8) is 0 Å². The molecule has 1 saturated carbocycles. The molecule has 1 aliphatic rings. The lowest BCUT2D eigenvalue weighted by molar-refractivity contribution is -0.163. The lowest BCUT2D eigenvalue weighted by Crippen LogP contribution is -2.47. The number of hydrogen-bond acceptors (Lipinski definition) is 2. The van der Waals surface area contributed by atoms with E-state index in [0.717, 1.165) is 0 Å². The molecule has 0 aromatic carbocycles. The zero-order valence-corrected chi connectivity index (χ0v) is 12.7. The van der Waals surface area contributed by atoms with Crippen molar-refractivity contribution in [1.82, 2.24) is 10.3 Å². The van der Waals surface area contributed by atoms with Crippen molar-refractivity contribution < 1.29 is 18.0 Å². The minimum Gasteiger partial charge on any atom is -0.338 e. The Kier molecular flexibility index (Phi) is 3.72. The Bertz CT molecular complexity index is 575. The predicted octanol–water partition coefficient (Wildman–Crippen LogP) is 3.86. The smallest absolute Gasteiger partial charge is 0.338 e. The Morgan fingerprint density at radius 3 is 2.29 bits per heavy atom. The fourth-order valence-corrected chi connectivity index (χ4v) is 2.11. The molecule has 2 rings (SSSR count). The lowest BCUT2D eigenvalue weighted by Gasteiger charge is -2.22. The lowest BCUT2D eigenvalue weighted by atomic mass is 9.91. The minimum absolute atomic E-state index is 0.0874. The van der Waals surface area contributed by atoms with Crippen molar-refractivity contribution in [2.45, 2.75) is 50.7 Å². The Morgan fingerprint density at radius 1 is 1.29 bits per heavy atom. The van der Waals surface area contributed by atoms with Gasteiger partial charge in [-0.05, 0) is 25.0 Å². The van der Waals surface area contributed by atoms with E-state index in [1.54, 1.807) is 0 Å². The number of halogens is 4. The summed E-state index contributed by atoms with van der Waals surface area (Å²) in [6, 6.07) is 2.76. The van der Waals surface area contributed by atoms with Gasteiger partial charge in [-0.1, -0.05) is 32.4 Å². The number of rotatable bonds is 2. The maximum atomic E-state index is 12.9. The van der Waals surface area contributed by atoms with Gasteiger partial charge >= 0.3 is 6.18 Å². The van der Waals surface area contributed by atoms with Gasteiger partial charge in [-0.25, -0.2) is 4.98 Å². The first kappa shape index (κ1) is 16.1. The Balaban J connectivity index is 2.27. The van der Waals surface area contributed by atoms with E-state index in [2.05, 4.69) is 10.3 Å². The van der Waals surface area contributed by atoms with Gasteiger partial charge in [0.15, 0.2) is 0 Å². The third-order valence-electron chi connectivity index (χ3n) is 3.47. The van der Waals surface area contributed by atoms with Crippen molar-refractivity contribution in [3.8, 4) is 0 Å². The largest absolute Gasteiger partial charge is 0.411 e. The van der Waals surface area contributed by atoms with Crippen LogP contribution in [0, 0.1) is 0 Å². The molecule has 1 aliphatic carbocycles. The average Bonchev–Trinajstić information content (AvgIpc) is 3.07. The third kappa shape index (κ3) is 3.31. The van der Waals surface area contributed by atoms with E-state index in [0.29, 0.717) is 5.69 Å². The topological polar surface area (TPSA) is 42.0 Å². The summed E-state index contributed by atoms with van der Waals surface area (Å²) in [7, 11) is 0. The molecule has 0 bridgehead atoms. The van der Waals surface area contributed by atoms with Crippen molar-refractivity contribution in [2.75, 3.05) is 0 Å². The summed E-state index contributed by atoms with van der Waals surface area (Å²) < 4.78 is 38.6. The predicted molar refractivity (Wildman–Crippen MR) is 73.4 cm³/mol. The van der Waals surface area contributed by atoms with Crippen LogP contribution in [0.15, 0.2) is 12.1 Å². The number of amides is 1. The first-order chi connectivity index (χ1) is 9.45. The molecular weight excluding hydrogens is 305 g/mol. The maximum Gasteiger partial charge on any atom is 0.411 e. The van der Waals surface area contributed by atoms with Crippen molar-refractivity contribution in [3.05, 3.63) is 28.5 Å². The number of carbonyl (C=O) groups excluding carboxylic acids is 1. The second kappa shape index (κ2) is 4.87. The molecule has 1 amide bonds. The number of nitrogens with one attached hydrogen (secondary N) is 1. The quantitative estimate of drug-likeness (QED) is 0.841. The fourth-order valence-electron chi connectivity index (χ4n) is 1.91. The Morgan fingerprint density at radius 2 is 1.86 bits per heavy atom. The van der Waals surface area contributed by atoms with Crippen LogP contribution in [0.2, 0.25) is 5.15 Å². The first-order valence-corrected chi connectivity index (χ1v) is 6.90. The van der Waals surface area contributed by atoms with Crippen molar-refractivity contribution in [2.24, 2.45) is 0 Å². The number of carbonyl (C=O) groups is 1. The highest BCUT2D eigenvalue weighted by atomic mass is 35.5. The molecule has 1 N–H and O–H groups in total. The van der Waals surface area contributed by atoms with Crippen LogP contribution in [0.5, 0.6) is 0 Å². The van der Waals surface area contributed by atoms with E-state index in [-0.39, 0.29) is 29.0 Å². The summed E-state index contributed by atoms with van der Waals surface area (Å²) in [6.07, 6.45) is -4.62. The van der Waals surface area contributed by atoms with Crippen LogP contribution < -0.4 is 5.32 Å². The van der Waals surface area contributed by atoms with E-state index in [4.69, 9.17) is 11.6 Å². The summed E-state index contributed by atoms with van der Waals surface area (Å²) in [5.74, 6) is -0.778. The van der Waals surface area contributed by atoms with E-state index in [1.165, 1.54) is 12.1 Å². The molecule has 1 aromatic rings. The van der Waals surface area contributed by atoms with Crippen LogP contribution in [0.3, 0.4) is 0 Å². The molecule has 0 atom stereocenters. The highest BCUT2D eigenvalue weighted by molar-refractivity contribution is 6.29. The molecule has 21 heavy (non-hydrogen) atoms. The minimum atomic E-state index is -4.44. The van der Waals surface area contributed by atoms with Gasteiger partial charge in [0, 0.05) is 16.7 Å². The highest BCUT2D eigenvalue weighted by Crippen LogP contribution is 2.49. The number of pyridine rings is 1. The van der Waals surface area contributed by atoms with Crippen LogP contribution in [0.4, 0.5) is 13.2 Å². The molecule has 0 aliphatic heterocycles. The number of hydrogen-bond donors (Lipinski definition) is 1. The molecule has 1 heterocycles. The van der Waals surface area contributed by atoms with Crippen LogP contribution >= 0.6 is 11.6 Å². The molecule has 0 unspecified atom stereocenters. The second-order valence-corrected chi connectivity index (χ2v) is 6.74. The highest BCUT2D eigenvalue weighted by Gasteiger charge is 2.64. The summed E-state index contributed by atoms with van der Waals surface area (Å²) in [5, 5.41) is 2.17. The first-order valence-electron chi connectivity index (χ1n) is 6.52. The molecule has 1 aromatic heterocycles. The standard InChI is InChI=1S/C14H16ClF3N2O/c1-12(2,3)9-6-8(7-10(15)19-9)11(21)20-13(4-5-13)14(16,17)18/h6-7H,4-5H2,1-3H3,(H,20,21). The van der Waals surface area contributed by atoms with Crippen molar-refractivity contribution in [1.29, 1.82) is 0 Å². The molecule has 7 heteroatoms. The summed E-state index contributed by atoms with van der Waals surface area (Å²) >= 11 is 5.86. The molecular formula is C14H16ClF3N2O. The molecule has 0 saturated heterocycles. The average molecular weight is 321 g/mol. The van der Waals surface area contributed by atoms with Crippen LogP contribution in [-0.4, -0.2) is 22.6 Å². The van der Waals surface area contributed by atoms with E-state index >= 15 is 0 Å². The Hall–Kier alpha value is -1.30. The van der Waals surface area contributed by atoms with Gasteiger partial charge in [0.2, 0.25) is 0 Å². The van der Waals surface area contributed by atoms with Gasteiger partial charge < -0.3 is 5.32 Å². The summed E-state index contributed by atoms with van der Waals surface area (Å²) in [5.41, 5.74) is -1.80. The molecule has 0 spiro atoms. The van der Waals surface area contributed by atoms with Gasteiger partial charge in [-0.2, -0.15) is 13.2 Å². The monoisotopic (exact) mass is 320 g/mol. The molecule has 116 valence electrons. The number of nitrogens with zero attached hydrogens (tertiary/aromatic N) is 1. The number of aromatic nitrogens is 1. The Labute approximate surface area is 125 Å². The van der Waals surface area contributed by atoms with Crippen molar-refractivity contribution >= 4 is 17.5 Å². The van der Waals surface area contributed by atoms with E-state index < -0.39 is 17.6 Å². The molecule has 0 radical (unpaired) electrons. The van der Waals surface area contributed by atoms with Crippen LogP contribution in [0.1, 0.15) is 49.7 Å². The summed E-state index contributed by atoms with van der Waals surface area (Å²) in [4.78, 5) is 16.2.